The van der Waals surface area contributed by atoms with E-state index in [1.807, 2.05) is 44.2 Å². The molecule has 0 aromatic heterocycles. The molecule has 16 heavy (non-hydrogen) atoms. The van der Waals surface area contributed by atoms with Crippen LogP contribution in [0, 0.1) is 0 Å². The van der Waals surface area contributed by atoms with E-state index in [-0.39, 0.29) is 17.5 Å². The molecular formula is C12H19NO2S. The number of benzene rings is 1. The van der Waals surface area contributed by atoms with Crippen LogP contribution in [-0.2, 0) is 15.6 Å². The molecular weight excluding hydrogens is 222 g/mol. The van der Waals surface area contributed by atoms with Crippen molar-refractivity contribution in [1.82, 2.24) is 5.32 Å². The van der Waals surface area contributed by atoms with Gasteiger partial charge < -0.3 is 5.32 Å². The smallest absolute Gasteiger partial charge is 0.155 e. The highest BCUT2D eigenvalue weighted by molar-refractivity contribution is 7.90. The Morgan fingerprint density at radius 3 is 2.44 bits per heavy atom. The molecule has 0 amide bonds. The average molecular weight is 241 g/mol. The molecule has 0 radical (unpaired) electrons. The van der Waals surface area contributed by atoms with Gasteiger partial charge in [-0.1, -0.05) is 37.3 Å². The summed E-state index contributed by atoms with van der Waals surface area (Å²) in [6, 6.07) is 9.30. The molecule has 1 unspecified atom stereocenters. The van der Waals surface area contributed by atoms with Gasteiger partial charge in [-0.15, -0.1) is 0 Å². The fourth-order valence-corrected chi connectivity index (χ4v) is 3.37. The van der Waals surface area contributed by atoms with E-state index in [2.05, 4.69) is 5.32 Å². The van der Waals surface area contributed by atoms with E-state index in [0.29, 0.717) is 0 Å². The maximum absolute atomic E-state index is 11.8. The van der Waals surface area contributed by atoms with Gasteiger partial charge in [-0.3, -0.25) is 0 Å². The molecule has 0 spiro atoms. The minimum Gasteiger partial charge on any atom is -0.314 e. The van der Waals surface area contributed by atoms with Gasteiger partial charge >= 0.3 is 0 Å². The quantitative estimate of drug-likeness (QED) is 0.823. The van der Waals surface area contributed by atoms with Crippen LogP contribution in [-0.4, -0.2) is 26.8 Å². The first-order valence-corrected chi connectivity index (χ1v) is 7.33. The lowest BCUT2D eigenvalue weighted by Gasteiger charge is -2.12. The summed E-state index contributed by atoms with van der Waals surface area (Å²) in [6.07, 6.45) is 0. The van der Waals surface area contributed by atoms with Crippen molar-refractivity contribution in [2.24, 2.45) is 0 Å². The topological polar surface area (TPSA) is 46.2 Å². The summed E-state index contributed by atoms with van der Waals surface area (Å²) in [5.74, 6) is 0.319. The Kier molecular flexibility index (Phi) is 4.96. The van der Waals surface area contributed by atoms with Crippen molar-refractivity contribution < 1.29 is 8.42 Å². The predicted molar refractivity (Wildman–Crippen MR) is 67.1 cm³/mol. The van der Waals surface area contributed by atoms with Crippen molar-refractivity contribution in [2.75, 3.05) is 12.3 Å². The molecule has 1 rings (SSSR count). The zero-order valence-electron chi connectivity index (χ0n) is 9.81. The summed E-state index contributed by atoms with van der Waals surface area (Å²) in [6.45, 7) is 4.66. The maximum atomic E-state index is 11.8. The highest BCUT2D eigenvalue weighted by Gasteiger charge is 2.15. The van der Waals surface area contributed by atoms with Crippen LogP contribution in [0.4, 0.5) is 0 Å². The molecule has 4 heteroatoms. The lowest BCUT2D eigenvalue weighted by molar-refractivity contribution is 0.565. The SMILES string of the molecule is CCNC(C)CS(=O)(=O)Cc1ccccc1. The first-order chi connectivity index (χ1) is 7.53. The molecule has 0 fully saturated rings. The van der Waals surface area contributed by atoms with E-state index in [1.165, 1.54) is 0 Å². The standard InChI is InChI=1S/C12H19NO2S/c1-3-13-11(2)9-16(14,15)10-12-7-5-4-6-8-12/h4-8,11,13H,3,9-10H2,1-2H3. The number of hydrogen-bond acceptors (Lipinski definition) is 3. The molecule has 0 saturated carbocycles. The summed E-state index contributed by atoms with van der Waals surface area (Å²) in [5.41, 5.74) is 0.853. The molecule has 3 nitrogen and oxygen atoms in total. The Bertz CT molecular complexity index is 400. The van der Waals surface area contributed by atoms with Gasteiger partial charge in [0.05, 0.1) is 11.5 Å². The Balaban J connectivity index is 2.59. The normalized spacial score (nSPS) is 13.6. The lowest BCUT2D eigenvalue weighted by atomic mass is 10.2. The maximum Gasteiger partial charge on any atom is 0.155 e. The van der Waals surface area contributed by atoms with E-state index in [4.69, 9.17) is 0 Å². The molecule has 1 N–H and O–H groups in total. The van der Waals surface area contributed by atoms with E-state index >= 15 is 0 Å². The second kappa shape index (κ2) is 6.01. The molecule has 0 aliphatic carbocycles. The third kappa shape index (κ3) is 4.77. The van der Waals surface area contributed by atoms with Crippen LogP contribution in [0.2, 0.25) is 0 Å². The highest BCUT2D eigenvalue weighted by Crippen LogP contribution is 2.07. The molecule has 0 saturated heterocycles. The van der Waals surface area contributed by atoms with Gasteiger partial charge in [-0.05, 0) is 19.0 Å². The molecule has 0 bridgehead atoms. The van der Waals surface area contributed by atoms with Crippen LogP contribution in [0.25, 0.3) is 0 Å². The molecule has 0 aliphatic rings. The van der Waals surface area contributed by atoms with Crippen LogP contribution < -0.4 is 5.32 Å². The van der Waals surface area contributed by atoms with Crippen molar-refractivity contribution in [2.45, 2.75) is 25.6 Å². The lowest BCUT2D eigenvalue weighted by Crippen LogP contribution is -2.33. The fourth-order valence-electron chi connectivity index (χ4n) is 1.68. The van der Waals surface area contributed by atoms with Gasteiger partial charge in [0.25, 0.3) is 0 Å². The van der Waals surface area contributed by atoms with Gasteiger partial charge in [0.15, 0.2) is 9.84 Å². The Labute approximate surface area is 97.8 Å². The first-order valence-electron chi connectivity index (χ1n) is 5.51. The van der Waals surface area contributed by atoms with E-state index in [1.54, 1.807) is 0 Å². The average Bonchev–Trinajstić information content (AvgIpc) is 2.17. The summed E-state index contributed by atoms with van der Waals surface area (Å²) in [7, 11) is -3.02. The second-order valence-electron chi connectivity index (χ2n) is 4.00. The van der Waals surface area contributed by atoms with Crippen molar-refractivity contribution in [3.05, 3.63) is 35.9 Å². The summed E-state index contributed by atoms with van der Waals surface area (Å²) < 4.78 is 23.7. The van der Waals surface area contributed by atoms with Gasteiger partial charge in [0, 0.05) is 6.04 Å². The van der Waals surface area contributed by atoms with Gasteiger partial charge in [0.1, 0.15) is 0 Å². The van der Waals surface area contributed by atoms with Crippen LogP contribution in [0.1, 0.15) is 19.4 Å². The second-order valence-corrected chi connectivity index (χ2v) is 6.11. The predicted octanol–water partition coefficient (Wildman–Crippen LogP) is 1.60. The summed E-state index contributed by atoms with van der Waals surface area (Å²) >= 11 is 0. The van der Waals surface area contributed by atoms with Crippen LogP contribution in [0.5, 0.6) is 0 Å². The van der Waals surface area contributed by atoms with Crippen molar-refractivity contribution in [1.29, 1.82) is 0 Å². The Morgan fingerprint density at radius 1 is 1.25 bits per heavy atom. The molecule has 90 valence electrons. The molecule has 0 heterocycles. The zero-order valence-corrected chi connectivity index (χ0v) is 10.6. The number of sulfone groups is 1. The van der Waals surface area contributed by atoms with E-state index < -0.39 is 9.84 Å². The number of nitrogens with one attached hydrogen (secondary N) is 1. The van der Waals surface area contributed by atoms with Gasteiger partial charge in [-0.2, -0.15) is 0 Å². The number of hydrogen-bond donors (Lipinski definition) is 1. The van der Waals surface area contributed by atoms with Gasteiger partial charge in [0.2, 0.25) is 0 Å². The van der Waals surface area contributed by atoms with E-state index in [9.17, 15) is 8.42 Å². The largest absolute Gasteiger partial charge is 0.314 e. The minimum absolute atomic E-state index is 0.0127. The number of rotatable bonds is 6. The fraction of sp³-hybridized carbons (Fsp3) is 0.500. The highest BCUT2D eigenvalue weighted by atomic mass is 32.2. The monoisotopic (exact) mass is 241 g/mol. The van der Waals surface area contributed by atoms with Crippen molar-refractivity contribution in [3.8, 4) is 0 Å². The first kappa shape index (κ1) is 13.2. The Hall–Kier alpha value is -0.870. The van der Waals surface area contributed by atoms with Crippen molar-refractivity contribution >= 4 is 9.84 Å². The third-order valence-electron chi connectivity index (χ3n) is 2.29. The molecule has 1 aromatic carbocycles. The van der Waals surface area contributed by atoms with Crippen LogP contribution in [0.3, 0.4) is 0 Å². The van der Waals surface area contributed by atoms with Crippen LogP contribution in [0.15, 0.2) is 30.3 Å². The Morgan fingerprint density at radius 2 is 1.88 bits per heavy atom. The summed E-state index contributed by atoms with van der Waals surface area (Å²) in [5, 5.41) is 3.11. The molecule has 1 aromatic rings. The molecule has 1 atom stereocenters. The zero-order chi connectivity index (χ0) is 12.0. The van der Waals surface area contributed by atoms with E-state index in [0.717, 1.165) is 12.1 Å². The van der Waals surface area contributed by atoms with Crippen molar-refractivity contribution in [3.63, 3.8) is 0 Å². The minimum atomic E-state index is -3.02. The van der Waals surface area contributed by atoms with Gasteiger partial charge in [-0.25, -0.2) is 8.42 Å². The molecule has 0 aliphatic heterocycles. The summed E-state index contributed by atoms with van der Waals surface area (Å²) in [4.78, 5) is 0. The van der Waals surface area contributed by atoms with Crippen LogP contribution >= 0.6 is 0 Å². The third-order valence-corrected chi connectivity index (χ3v) is 4.07.